The minimum Gasteiger partial charge on any atom is -0.322 e. The monoisotopic (exact) mass is 339 g/mol. The van der Waals surface area contributed by atoms with Gasteiger partial charge in [-0.25, -0.2) is 9.97 Å². The van der Waals surface area contributed by atoms with Crippen molar-refractivity contribution >= 4 is 48.8 Å². The Labute approximate surface area is 121 Å². The van der Waals surface area contributed by atoms with E-state index < -0.39 is 0 Å². The van der Waals surface area contributed by atoms with Gasteiger partial charge < -0.3 is 5.73 Å². The molecule has 3 nitrogen and oxygen atoms in total. The van der Waals surface area contributed by atoms with E-state index in [4.69, 9.17) is 5.73 Å². The zero-order chi connectivity index (χ0) is 12.7. The first-order chi connectivity index (χ1) is 8.63. The summed E-state index contributed by atoms with van der Waals surface area (Å²) in [5.74, 6) is 0. The van der Waals surface area contributed by atoms with Gasteiger partial charge in [-0.2, -0.15) is 0 Å². The number of aromatic nitrogens is 2. The molecule has 1 aromatic carbocycles. The molecule has 1 atom stereocenters. The third-order valence-electron chi connectivity index (χ3n) is 2.48. The van der Waals surface area contributed by atoms with Crippen LogP contribution in [0.5, 0.6) is 0 Å². The number of thiazole rings is 2. The minimum absolute atomic E-state index is 0.0210. The van der Waals surface area contributed by atoms with Crippen molar-refractivity contribution < 1.29 is 0 Å². The number of fused-ring (bicyclic) bond motifs is 1. The Kier molecular flexibility index (Phi) is 3.19. The van der Waals surface area contributed by atoms with Crippen LogP contribution >= 0.6 is 38.6 Å². The van der Waals surface area contributed by atoms with Crippen molar-refractivity contribution in [2.24, 2.45) is 5.73 Å². The molecule has 0 bridgehead atoms. The molecule has 0 saturated heterocycles. The van der Waals surface area contributed by atoms with Gasteiger partial charge in [0.2, 0.25) is 0 Å². The predicted molar refractivity (Wildman–Crippen MR) is 81.0 cm³/mol. The SMILES string of the molecule is CC(N)c1nc(-c2nc3cc(Br)ccc3s2)cs1. The quantitative estimate of drug-likeness (QED) is 0.761. The highest BCUT2D eigenvalue weighted by Gasteiger charge is 2.12. The van der Waals surface area contributed by atoms with Gasteiger partial charge in [0.25, 0.3) is 0 Å². The average Bonchev–Trinajstić information content (AvgIpc) is 2.93. The maximum Gasteiger partial charge on any atom is 0.143 e. The molecule has 3 aromatic rings. The number of hydrogen-bond acceptors (Lipinski definition) is 5. The summed E-state index contributed by atoms with van der Waals surface area (Å²) in [6.07, 6.45) is 0. The van der Waals surface area contributed by atoms with Crippen LogP contribution in [0.3, 0.4) is 0 Å². The lowest BCUT2D eigenvalue weighted by atomic mass is 10.3. The summed E-state index contributed by atoms with van der Waals surface area (Å²) >= 11 is 6.70. The molecule has 0 saturated carbocycles. The first-order valence-corrected chi connectivity index (χ1v) is 7.90. The first kappa shape index (κ1) is 12.2. The van der Waals surface area contributed by atoms with Gasteiger partial charge in [-0.05, 0) is 25.1 Å². The van der Waals surface area contributed by atoms with Gasteiger partial charge >= 0.3 is 0 Å². The van der Waals surface area contributed by atoms with Crippen LogP contribution in [0.4, 0.5) is 0 Å². The largest absolute Gasteiger partial charge is 0.322 e. The maximum absolute atomic E-state index is 5.82. The summed E-state index contributed by atoms with van der Waals surface area (Å²) in [4.78, 5) is 9.14. The lowest BCUT2D eigenvalue weighted by molar-refractivity contribution is 0.808. The molecule has 2 N–H and O–H groups in total. The van der Waals surface area contributed by atoms with Gasteiger partial charge in [-0.15, -0.1) is 22.7 Å². The van der Waals surface area contributed by atoms with Crippen molar-refractivity contribution in [3.05, 3.63) is 33.1 Å². The predicted octanol–water partition coefficient (Wildman–Crippen LogP) is 4.20. The van der Waals surface area contributed by atoms with Gasteiger partial charge in [-0.3, -0.25) is 0 Å². The van der Waals surface area contributed by atoms with E-state index in [0.717, 1.165) is 25.7 Å². The summed E-state index contributed by atoms with van der Waals surface area (Å²) in [6, 6.07) is 6.10. The van der Waals surface area contributed by atoms with Crippen molar-refractivity contribution in [1.29, 1.82) is 0 Å². The molecular formula is C12H10BrN3S2. The molecule has 2 aromatic heterocycles. The van der Waals surface area contributed by atoms with Gasteiger partial charge in [0, 0.05) is 9.85 Å². The van der Waals surface area contributed by atoms with Crippen LogP contribution in [0, 0.1) is 0 Å². The summed E-state index contributed by atoms with van der Waals surface area (Å²) in [7, 11) is 0. The molecule has 18 heavy (non-hydrogen) atoms. The Morgan fingerprint density at radius 3 is 2.89 bits per heavy atom. The summed E-state index contributed by atoms with van der Waals surface area (Å²) in [5, 5.41) is 3.92. The maximum atomic E-state index is 5.82. The normalized spacial score (nSPS) is 13.1. The Bertz CT molecular complexity index is 702. The number of nitrogens with two attached hydrogens (primary N) is 1. The molecule has 0 aliphatic carbocycles. The Hall–Kier alpha value is -0.820. The molecule has 1 unspecified atom stereocenters. The van der Waals surface area contributed by atoms with E-state index in [9.17, 15) is 0 Å². The van der Waals surface area contributed by atoms with E-state index in [1.807, 2.05) is 24.4 Å². The van der Waals surface area contributed by atoms with Crippen LogP contribution in [0.25, 0.3) is 20.9 Å². The highest BCUT2D eigenvalue weighted by molar-refractivity contribution is 9.10. The van der Waals surface area contributed by atoms with Crippen LogP contribution in [-0.2, 0) is 0 Å². The molecule has 0 aliphatic heterocycles. The molecular weight excluding hydrogens is 330 g/mol. The zero-order valence-corrected chi connectivity index (χ0v) is 12.8. The van der Waals surface area contributed by atoms with Gasteiger partial charge in [0.1, 0.15) is 15.7 Å². The molecule has 0 amide bonds. The fraction of sp³-hybridized carbons (Fsp3) is 0.167. The van der Waals surface area contributed by atoms with Crippen molar-refractivity contribution in [2.75, 3.05) is 0 Å². The Morgan fingerprint density at radius 1 is 1.33 bits per heavy atom. The molecule has 3 rings (SSSR count). The summed E-state index contributed by atoms with van der Waals surface area (Å²) in [6.45, 7) is 1.94. The zero-order valence-electron chi connectivity index (χ0n) is 9.55. The molecule has 2 heterocycles. The number of rotatable bonds is 2. The molecule has 0 spiro atoms. The van der Waals surface area contributed by atoms with Crippen molar-refractivity contribution in [3.8, 4) is 10.7 Å². The molecule has 0 radical (unpaired) electrons. The van der Waals surface area contributed by atoms with E-state index >= 15 is 0 Å². The van der Waals surface area contributed by atoms with E-state index in [2.05, 4.69) is 32.0 Å². The van der Waals surface area contributed by atoms with Gasteiger partial charge in [-0.1, -0.05) is 15.9 Å². The molecule has 6 heteroatoms. The smallest absolute Gasteiger partial charge is 0.143 e. The molecule has 0 aliphatic rings. The molecule has 0 fully saturated rings. The minimum atomic E-state index is -0.0210. The highest BCUT2D eigenvalue weighted by Crippen LogP contribution is 2.32. The fourth-order valence-electron chi connectivity index (χ4n) is 1.61. The van der Waals surface area contributed by atoms with Crippen LogP contribution in [-0.4, -0.2) is 9.97 Å². The van der Waals surface area contributed by atoms with E-state index in [0.29, 0.717) is 0 Å². The number of hydrogen-bond donors (Lipinski definition) is 1. The Balaban J connectivity index is 2.07. The van der Waals surface area contributed by atoms with Crippen molar-refractivity contribution in [2.45, 2.75) is 13.0 Å². The van der Waals surface area contributed by atoms with Crippen molar-refractivity contribution in [3.63, 3.8) is 0 Å². The van der Waals surface area contributed by atoms with Crippen LogP contribution in [0.2, 0.25) is 0 Å². The summed E-state index contributed by atoms with van der Waals surface area (Å²) in [5.41, 5.74) is 7.75. The van der Waals surface area contributed by atoms with Gasteiger partial charge in [0.15, 0.2) is 0 Å². The number of halogens is 1. The van der Waals surface area contributed by atoms with Crippen LogP contribution in [0.1, 0.15) is 18.0 Å². The Morgan fingerprint density at radius 2 is 2.17 bits per heavy atom. The van der Waals surface area contributed by atoms with Crippen molar-refractivity contribution in [1.82, 2.24) is 9.97 Å². The lowest BCUT2D eigenvalue weighted by Gasteiger charge is -1.96. The van der Waals surface area contributed by atoms with Gasteiger partial charge in [0.05, 0.1) is 16.3 Å². The highest BCUT2D eigenvalue weighted by atomic mass is 79.9. The third-order valence-corrected chi connectivity index (χ3v) is 5.08. The topological polar surface area (TPSA) is 51.8 Å². The second-order valence-corrected chi connectivity index (χ2v) is 6.83. The second kappa shape index (κ2) is 4.70. The van der Waals surface area contributed by atoms with E-state index in [1.54, 1.807) is 22.7 Å². The molecule has 92 valence electrons. The summed E-state index contributed by atoms with van der Waals surface area (Å²) < 4.78 is 2.21. The average molecular weight is 340 g/mol. The lowest BCUT2D eigenvalue weighted by Crippen LogP contribution is -2.03. The fourth-order valence-corrected chi connectivity index (χ4v) is 3.70. The van der Waals surface area contributed by atoms with Crippen LogP contribution in [0.15, 0.2) is 28.1 Å². The standard InChI is InChI=1S/C12H10BrN3S2/c1-6(14)11-16-9(5-17-11)12-15-8-4-7(13)2-3-10(8)18-12/h2-6H,14H2,1H3. The number of benzene rings is 1. The van der Waals surface area contributed by atoms with E-state index in [1.165, 1.54) is 4.70 Å². The third kappa shape index (κ3) is 2.21. The number of nitrogens with zero attached hydrogens (tertiary/aromatic N) is 2. The second-order valence-electron chi connectivity index (χ2n) is 3.99. The van der Waals surface area contributed by atoms with Crippen LogP contribution < -0.4 is 5.73 Å². The first-order valence-electron chi connectivity index (χ1n) is 5.41. The van der Waals surface area contributed by atoms with E-state index in [-0.39, 0.29) is 6.04 Å².